The highest BCUT2D eigenvalue weighted by molar-refractivity contribution is 8.26. The molecule has 0 N–H and O–H groups in total. The lowest BCUT2D eigenvalue weighted by molar-refractivity contribution is -0.122. The normalized spacial score (nSPS) is 20.6. The largest absolute Gasteiger partial charge is 0.490 e. The van der Waals surface area contributed by atoms with Crippen LogP contribution in [0.1, 0.15) is 23.6 Å². The SMILES string of the molecule is C[C@H]1Cc2cc(/C=C3\SC(=S)N(Cc4ccc(F)cc4)C3=O)ccc2O1. The lowest BCUT2D eigenvalue weighted by atomic mass is 10.1. The minimum absolute atomic E-state index is 0.116. The molecular formula is C20H16FNO2S2. The van der Waals surface area contributed by atoms with Crippen molar-refractivity contribution >= 4 is 40.3 Å². The van der Waals surface area contributed by atoms with E-state index in [0.29, 0.717) is 15.8 Å². The summed E-state index contributed by atoms with van der Waals surface area (Å²) in [6, 6.07) is 12.1. The molecular weight excluding hydrogens is 369 g/mol. The summed E-state index contributed by atoms with van der Waals surface area (Å²) in [4.78, 5) is 14.9. The Bertz CT molecular complexity index is 924. The van der Waals surface area contributed by atoms with Crippen LogP contribution in [0.5, 0.6) is 5.75 Å². The number of amides is 1. The fraction of sp³-hybridized carbons (Fsp3) is 0.200. The van der Waals surface area contributed by atoms with Crippen LogP contribution < -0.4 is 4.74 Å². The van der Waals surface area contributed by atoms with Crippen LogP contribution >= 0.6 is 24.0 Å². The first-order valence-electron chi connectivity index (χ1n) is 8.29. The highest BCUT2D eigenvalue weighted by Gasteiger charge is 2.32. The summed E-state index contributed by atoms with van der Waals surface area (Å²) in [5, 5.41) is 0. The summed E-state index contributed by atoms with van der Waals surface area (Å²) in [5.41, 5.74) is 2.96. The van der Waals surface area contributed by atoms with Crippen molar-refractivity contribution in [2.75, 3.05) is 0 Å². The van der Waals surface area contributed by atoms with Crippen LogP contribution in [0.25, 0.3) is 6.08 Å². The van der Waals surface area contributed by atoms with Gasteiger partial charge in [-0.2, -0.15) is 0 Å². The van der Waals surface area contributed by atoms with Crippen LogP contribution in [-0.4, -0.2) is 21.2 Å². The predicted molar refractivity (Wildman–Crippen MR) is 105 cm³/mol. The van der Waals surface area contributed by atoms with E-state index in [2.05, 4.69) is 6.07 Å². The Morgan fingerprint density at radius 3 is 2.85 bits per heavy atom. The number of carbonyl (C=O) groups excluding carboxylic acids is 1. The van der Waals surface area contributed by atoms with Crippen LogP contribution in [0, 0.1) is 5.82 Å². The van der Waals surface area contributed by atoms with Crippen LogP contribution in [0.4, 0.5) is 4.39 Å². The summed E-state index contributed by atoms with van der Waals surface area (Å²) in [6.45, 7) is 2.39. The number of fused-ring (bicyclic) bond motifs is 1. The van der Waals surface area contributed by atoms with Gasteiger partial charge < -0.3 is 4.74 Å². The first-order chi connectivity index (χ1) is 12.5. The zero-order valence-corrected chi connectivity index (χ0v) is 15.7. The lowest BCUT2D eigenvalue weighted by Gasteiger charge is -2.14. The Morgan fingerprint density at radius 2 is 2.08 bits per heavy atom. The van der Waals surface area contributed by atoms with Gasteiger partial charge in [-0.3, -0.25) is 9.69 Å². The number of ether oxygens (including phenoxy) is 1. The molecule has 0 unspecified atom stereocenters. The number of thiocarbonyl (C=S) groups is 1. The summed E-state index contributed by atoms with van der Waals surface area (Å²) in [5.74, 6) is 0.502. The van der Waals surface area contributed by atoms with E-state index in [0.717, 1.165) is 28.9 Å². The Hall–Kier alpha value is -2.18. The van der Waals surface area contributed by atoms with Crippen molar-refractivity contribution in [2.24, 2.45) is 0 Å². The van der Waals surface area contributed by atoms with E-state index in [4.69, 9.17) is 17.0 Å². The van der Waals surface area contributed by atoms with E-state index in [1.807, 2.05) is 25.1 Å². The molecule has 2 aliphatic rings. The number of nitrogens with zero attached hydrogens (tertiary/aromatic N) is 1. The average molecular weight is 385 g/mol. The maximum atomic E-state index is 13.0. The Balaban J connectivity index is 1.54. The minimum atomic E-state index is -0.297. The maximum Gasteiger partial charge on any atom is 0.266 e. The molecule has 1 fully saturated rings. The molecule has 1 saturated heterocycles. The second-order valence-corrected chi connectivity index (χ2v) is 8.07. The summed E-state index contributed by atoms with van der Waals surface area (Å²) in [7, 11) is 0. The monoisotopic (exact) mass is 385 g/mol. The zero-order chi connectivity index (χ0) is 18.3. The topological polar surface area (TPSA) is 29.5 Å². The molecule has 3 nitrogen and oxygen atoms in total. The van der Waals surface area contributed by atoms with Crippen LogP contribution in [-0.2, 0) is 17.8 Å². The molecule has 4 rings (SSSR count). The molecule has 0 saturated carbocycles. The maximum absolute atomic E-state index is 13.0. The van der Waals surface area contributed by atoms with Crippen LogP contribution in [0.15, 0.2) is 47.4 Å². The molecule has 0 radical (unpaired) electrons. The summed E-state index contributed by atoms with van der Waals surface area (Å²) >= 11 is 6.66. The second-order valence-electron chi connectivity index (χ2n) is 6.39. The van der Waals surface area contributed by atoms with E-state index in [1.54, 1.807) is 17.0 Å². The van der Waals surface area contributed by atoms with Crippen LogP contribution in [0.3, 0.4) is 0 Å². The minimum Gasteiger partial charge on any atom is -0.490 e. The van der Waals surface area contributed by atoms with Crippen LogP contribution in [0.2, 0.25) is 0 Å². The quantitative estimate of drug-likeness (QED) is 0.573. The molecule has 2 aromatic rings. The molecule has 0 aromatic heterocycles. The van der Waals surface area contributed by atoms with Crippen molar-refractivity contribution in [2.45, 2.75) is 26.0 Å². The van der Waals surface area contributed by atoms with E-state index >= 15 is 0 Å². The summed E-state index contributed by atoms with van der Waals surface area (Å²) in [6.07, 6.45) is 2.93. The fourth-order valence-electron chi connectivity index (χ4n) is 3.09. The Morgan fingerprint density at radius 1 is 1.31 bits per heavy atom. The van der Waals surface area contributed by atoms with Gasteiger partial charge in [0.2, 0.25) is 0 Å². The number of hydrogen-bond donors (Lipinski definition) is 0. The fourth-order valence-corrected chi connectivity index (χ4v) is 4.35. The Kier molecular flexibility index (Phi) is 4.54. The molecule has 0 aliphatic carbocycles. The smallest absolute Gasteiger partial charge is 0.266 e. The first-order valence-corrected chi connectivity index (χ1v) is 9.51. The number of hydrogen-bond acceptors (Lipinski definition) is 4. The number of thioether (sulfide) groups is 1. The van der Waals surface area contributed by atoms with Crippen molar-refractivity contribution in [3.63, 3.8) is 0 Å². The third-order valence-electron chi connectivity index (χ3n) is 4.35. The van der Waals surface area contributed by atoms with Gasteiger partial charge in [0.1, 0.15) is 22.0 Å². The number of carbonyl (C=O) groups is 1. The van der Waals surface area contributed by atoms with Crippen molar-refractivity contribution in [3.05, 3.63) is 69.9 Å². The molecule has 26 heavy (non-hydrogen) atoms. The predicted octanol–water partition coefficient (Wildman–Crippen LogP) is 4.55. The highest BCUT2D eigenvalue weighted by atomic mass is 32.2. The van der Waals surface area contributed by atoms with Gasteiger partial charge in [0.05, 0.1) is 11.4 Å². The third-order valence-corrected chi connectivity index (χ3v) is 5.72. The molecule has 132 valence electrons. The van der Waals surface area contributed by atoms with Crippen molar-refractivity contribution < 1.29 is 13.9 Å². The Labute approximate surface area is 160 Å². The molecule has 0 bridgehead atoms. The summed E-state index contributed by atoms with van der Waals surface area (Å²) < 4.78 is 19.3. The van der Waals surface area contributed by atoms with Crippen molar-refractivity contribution in [3.8, 4) is 5.75 Å². The molecule has 6 heteroatoms. The molecule has 2 heterocycles. The van der Waals surface area contributed by atoms with Gasteiger partial charge in [-0.25, -0.2) is 4.39 Å². The number of benzene rings is 2. The molecule has 1 atom stereocenters. The van der Waals surface area contributed by atoms with Gasteiger partial charge in [-0.05, 0) is 54.0 Å². The van der Waals surface area contributed by atoms with E-state index < -0.39 is 0 Å². The van der Waals surface area contributed by atoms with E-state index in [-0.39, 0.29) is 17.8 Å². The van der Waals surface area contributed by atoms with Gasteiger partial charge in [0, 0.05) is 6.42 Å². The zero-order valence-electron chi connectivity index (χ0n) is 14.1. The number of halogens is 1. The van der Waals surface area contributed by atoms with Gasteiger partial charge in [0.15, 0.2) is 0 Å². The standard InChI is InChI=1S/C20H16FNO2S2/c1-12-8-15-9-14(4-7-17(15)24-12)10-18-19(23)22(20(25)26-18)11-13-2-5-16(21)6-3-13/h2-7,9-10,12H,8,11H2,1H3/b18-10-/t12-/m0/s1. The second kappa shape index (κ2) is 6.85. The average Bonchev–Trinajstić information content (AvgIpc) is 3.10. The highest BCUT2D eigenvalue weighted by Crippen LogP contribution is 2.35. The van der Waals surface area contributed by atoms with Gasteiger partial charge in [-0.1, -0.05) is 42.2 Å². The van der Waals surface area contributed by atoms with Crippen molar-refractivity contribution in [1.82, 2.24) is 4.90 Å². The third kappa shape index (κ3) is 3.39. The van der Waals surface area contributed by atoms with Gasteiger partial charge >= 0.3 is 0 Å². The number of rotatable bonds is 3. The van der Waals surface area contributed by atoms with E-state index in [1.165, 1.54) is 23.9 Å². The van der Waals surface area contributed by atoms with Crippen molar-refractivity contribution in [1.29, 1.82) is 0 Å². The molecule has 1 amide bonds. The molecule has 2 aromatic carbocycles. The van der Waals surface area contributed by atoms with Gasteiger partial charge in [-0.15, -0.1) is 0 Å². The van der Waals surface area contributed by atoms with E-state index in [9.17, 15) is 9.18 Å². The lowest BCUT2D eigenvalue weighted by Crippen LogP contribution is -2.27. The molecule has 2 aliphatic heterocycles. The van der Waals surface area contributed by atoms with Gasteiger partial charge in [0.25, 0.3) is 5.91 Å². The molecule has 0 spiro atoms. The first kappa shape index (κ1) is 17.2.